The molecule has 2 aromatic heterocycles. The standard InChI is InChI=1S/C16H16ClN5O2/c1-24-15-4-2-3-12(5-15)8-21-10-14(7-19-21)20-16(23)11-22-9-13(17)6-18-22/h2-7,9-10H,8,11H2,1H3,(H,20,23). The zero-order chi connectivity index (χ0) is 16.9. The second-order valence-corrected chi connectivity index (χ2v) is 5.62. The molecule has 0 aliphatic rings. The molecule has 3 rings (SSSR count). The largest absolute Gasteiger partial charge is 0.497 e. The van der Waals surface area contributed by atoms with Crippen molar-refractivity contribution < 1.29 is 9.53 Å². The molecule has 24 heavy (non-hydrogen) atoms. The summed E-state index contributed by atoms with van der Waals surface area (Å²) >= 11 is 5.77. The van der Waals surface area contributed by atoms with Gasteiger partial charge in [0.15, 0.2) is 0 Å². The van der Waals surface area contributed by atoms with Gasteiger partial charge in [0.05, 0.1) is 36.8 Å². The number of carbonyl (C=O) groups excluding carboxylic acids is 1. The molecule has 0 atom stereocenters. The van der Waals surface area contributed by atoms with E-state index >= 15 is 0 Å². The van der Waals surface area contributed by atoms with Crippen LogP contribution in [-0.2, 0) is 17.9 Å². The van der Waals surface area contributed by atoms with E-state index in [2.05, 4.69) is 15.5 Å². The number of benzene rings is 1. The van der Waals surface area contributed by atoms with Gasteiger partial charge in [-0.25, -0.2) is 0 Å². The molecule has 124 valence electrons. The fourth-order valence-electron chi connectivity index (χ4n) is 2.24. The highest BCUT2D eigenvalue weighted by atomic mass is 35.5. The Bertz CT molecular complexity index is 842. The summed E-state index contributed by atoms with van der Waals surface area (Å²) in [7, 11) is 1.63. The van der Waals surface area contributed by atoms with Crippen LogP contribution in [0.2, 0.25) is 5.02 Å². The molecule has 0 aliphatic carbocycles. The van der Waals surface area contributed by atoms with Crippen molar-refractivity contribution in [2.45, 2.75) is 13.1 Å². The van der Waals surface area contributed by atoms with Gasteiger partial charge in [-0.05, 0) is 17.7 Å². The molecule has 0 spiro atoms. The number of hydrogen-bond acceptors (Lipinski definition) is 4. The van der Waals surface area contributed by atoms with Crippen LogP contribution in [0, 0.1) is 0 Å². The third-order valence-corrected chi connectivity index (χ3v) is 3.50. The first kappa shape index (κ1) is 16.1. The van der Waals surface area contributed by atoms with Gasteiger partial charge in [-0.1, -0.05) is 23.7 Å². The Hall–Kier alpha value is -2.80. The molecule has 0 aliphatic heterocycles. The van der Waals surface area contributed by atoms with Crippen LogP contribution in [0.3, 0.4) is 0 Å². The van der Waals surface area contributed by atoms with E-state index in [0.717, 1.165) is 11.3 Å². The van der Waals surface area contributed by atoms with E-state index in [-0.39, 0.29) is 12.5 Å². The van der Waals surface area contributed by atoms with Gasteiger partial charge in [-0.3, -0.25) is 14.2 Å². The highest BCUT2D eigenvalue weighted by Gasteiger charge is 2.07. The maximum Gasteiger partial charge on any atom is 0.246 e. The van der Waals surface area contributed by atoms with E-state index in [9.17, 15) is 4.79 Å². The Balaban J connectivity index is 1.59. The molecule has 1 amide bonds. The van der Waals surface area contributed by atoms with E-state index in [1.807, 2.05) is 24.3 Å². The summed E-state index contributed by atoms with van der Waals surface area (Å²) in [6, 6.07) is 7.75. The van der Waals surface area contributed by atoms with Crippen LogP contribution in [0.1, 0.15) is 5.56 Å². The minimum atomic E-state index is -0.198. The summed E-state index contributed by atoms with van der Waals surface area (Å²) in [4.78, 5) is 12.0. The Morgan fingerprint density at radius 3 is 2.83 bits per heavy atom. The number of hydrogen-bond donors (Lipinski definition) is 1. The summed E-state index contributed by atoms with van der Waals surface area (Å²) in [6.45, 7) is 0.676. The molecular weight excluding hydrogens is 330 g/mol. The number of ether oxygens (including phenoxy) is 1. The molecule has 3 aromatic rings. The van der Waals surface area contributed by atoms with Crippen LogP contribution >= 0.6 is 11.6 Å². The summed E-state index contributed by atoms with van der Waals surface area (Å²) in [5, 5.41) is 11.5. The third kappa shape index (κ3) is 4.14. The maximum absolute atomic E-state index is 12.0. The van der Waals surface area contributed by atoms with Crippen LogP contribution in [0.15, 0.2) is 49.1 Å². The van der Waals surface area contributed by atoms with Crippen LogP contribution in [0.25, 0.3) is 0 Å². The number of halogens is 1. The van der Waals surface area contributed by atoms with E-state index in [1.54, 1.807) is 30.4 Å². The van der Waals surface area contributed by atoms with Crippen LogP contribution in [-0.4, -0.2) is 32.6 Å². The average molecular weight is 346 g/mol. The number of nitrogens with one attached hydrogen (secondary N) is 1. The highest BCUT2D eigenvalue weighted by molar-refractivity contribution is 6.30. The Morgan fingerprint density at radius 1 is 1.25 bits per heavy atom. The number of aromatic nitrogens is 4. The van der Waals surface area contributed by atoms with Crippen molar-refractivity contribution >= 4 is 23.2 Å². The number of methoxy groups -OCH3 is 1. The monoisotopic (exact) mass is 345 g/mol. The quantitative estimate of drug-likeness (QED) is 0.744. The predicted octanol–water partition coefficient (Wildman–Crippen LogP) is 2.43. The summed E-state index contributed by atoms with van der Waals surface area (Å²) in [6.07, 6.45) is 6.45. The van der Waals surface area contributed by atoms with Gasteiger partial charge in [0, 0.05) is 12.4 Å². The predicted molar refractivity (Wildman–Crippen MR) is 90.2 cm³/mol. The summed E-state index contributed by atoms with van der Waals surface area (Å²) in [5.41, 5.74) is 1.68. The molecule has 8 heteroatoms. The SMILES string of the molecule is COc1cccc(Cn2cc(NC(=O)Cn3cc(Cl)cn3)cn2)c1. The molecule has 0 bridgehead atoms. The molecule has 0 unspecified atom stereocenters. The van der Waals surface area contributed by atoms with Crippen molar-refractivity contribution in [3.63, 3.8) is 0 Å². The first-order chi connectivity index (χ1) is 11.6. The number of carbonyl (C=O) groups is 1. The minimum Gasteiger partial charge on any atom is -0.497 e. The molecule has 2 heterocycles. The zero-order valence-corrected chi connectivity index (χ0v) is 13.8. The number of rotatable bonds is 6. The van der Waals surface area contributed by atoms with Crippen LogP contribution in [0.5, 0.6) is 5.75 Å². The first-order valence-corrected chi connectivity index (χ1v) is 7.63. The maximum atomic E-state index is 12.0. The van der Waals surface area contributed by atoms with Crippen molar-refractivity contribution in [1.29, 1.82) is 0 Å². The van der Waals surface area contributed by atoms with Gasteiger partial charge in [0.25, 0.3) is 0 Å². The lowest BCUT2D eigenvalue weighted by molar-refractivity contribution is -0.116. The lowest BCUT2D eigenvalue weighted by atomic mass is 10.2. The third-order valence-electron chi connectivity index (χ3n) is 3.30. The molecule has 1 aromatic carbocycles. The lowest BCUT2D eigenvalue weighted by Crippen LogP contribution is -2.18. The highest BCUT2D eigenvalue weighted by Crippen LogP contribution is 2.14. The Kier molecular flexibility index (Phi) is 4.81. The molecule has 0 radical (unpaired) electrons. The molecular formula is C16H16ClN5O2. The van der Waals surface area contributed by atoms with Crippen LogP contribution < -0.4 is 10.1 Å². The second-order valence-electron chi connectivity index (χ2n) is 5.18. The Morgan fingerprint density at radius 2 is 2.08 bits per heavy atom. The number of nitrogens with zero attached hydrogens (tertiary/aromatic N) is 4. The van der Waals surface area contributed by atoms with E-state index in [0.29, 0.717) is 17.3 Å². The topological polar surface area (TPSA) is 74.0 Å². The molecule has 0 saturated carbocycles. The molecule has 0 fully saturated rings. The van der Waals surface area contributed by atoms with E-state index < -0.39 is 0 Å². The fourth-order valence-corrected chi connectivity index (χ4v) is 2.40. The molecule has 1 N–H and O–H groups in total. The van der Waals surface area contributed by atoms with Gasteiger partial charge in [-0.15, -0.1) is 0 Å². The van der Waals surface area contributed by atoms with Gasteiger partial charge in [0.2, 0.25) is 5.91 Å². The van der Waals surface area contributed by atoms with Crippen molar-refractivity contribution in [1.82, 2.24) is 19.6 Å². The van der Waals surface area contributed by atoms with Crippen molar-refractivity contribution in [3.8, 4) is 5.75 Å². The first-order valence-electron chi connectivity index (χ1n) is 7.25. The van der Waals surface area contributed by atoms with Crippen molar-refractivity contribution in [2.75, 3.05) is 12.4 Å². The number of anilines is 1. The van der Waals surface area contributed by atoms with E-state index in [1.165, 1.54) is 10.9 Å². The average Bonchev–Trinajstić information content (AvgIpc) is 3.16. The fraction of sp³-hybridized carbons (Fsp3) is 0.188. The zero-order valence-electron chi connectivity index (χ0n) is 13.0. The van der Waals surface area contributed by atoms with Gasteiger partial charge < -0.3 is 10.1 Å². The van der Waals surface area contributed by atoms with Gasteiger partial charge in [-0.2, -0.15) is 10.2 Å². The van der Waals surface area contributed by atoms with Crippen molar-refractivity contribution in [3.05, 3.63) is 59.6 Å². The van der Waals surface area contributed by atoms with Crippen LogP contribution in [0.4, 0.5) is 5.69 Å². The Labute approximate surface area is 143 Å². The number of amides is 1. The van der Waals surface area contributed by atoms with Gasteiger partial charge in [0.1, 0.15) is 12.3 Å². The minimum absolute atomic E-state index is 0.0911. The summed E-state index contributed by atoms with van der Waals surface area (Å²) in [5.74, 6) is 0.599. The lowest BCUT2D eigenvalue weighted by Gasteiger charge is -2.05. The second kappa shape index (κ2) is 7.18. The van der Waals surface area contributed by atoms with Gasteiger partial charge >= 0.3 is 0 Å². The normalized spacial score (nSPS) is 10.6. The summed E-state index contributed by atoms with van der Waals surface area (Å²) < 4.78 is 8.42. The molecule has 0 saturated heterocycles. The smallest absolute Gasteiger partial charge is 0.246 e. The van der Waals surface area contributed by atoms with Crippen molar-refractivity contribution in [2.24, 2.45) is 0 Å². The van der Waals surface area contributed by atoms with E-state index in [4.69, 9.17) is 16.3 Å². The molecule has 7 nitrogen and oxygen atoms in total.